The van der Waals surface area contributed by atoms with E-state index in [1.807, 2.05) is 0 Å². The summed E-state index contributed by atoms with van der Waals surface area (Å²) in [5, 5.41) is 0.327. The van der Waals surface area contributed by atoms with Gasteiger partial charge in [0, 0.05) is 8.95 Å². The third kappa shape index (κ3) is 3.53. The van der Waals surface area contributed by atoms with E-state index < -0.39 is 10.0 Å². The normalized spacial score (nSPS) is 11.4. The van der Waals surface area contributed by atoms with E-state index in [2.05, 4.69) is 36.6 Å². The quantitative estimate of drug-likeness (QED) is 0.668. The number of hydrogen-bond acceptors (Lipinski definition) is 3. The van der Waals surface area contributed by atoms with E-state index in [-0.39, 0.29) is 10.6 Å². The third-order valence-electron chi connectivity index (χ3n) is 2.78. The number of nitrogens with two attached hydrogens (primary N) is 1. The van der Waals surface area contributed by atoms with Crippen molar-refractivity contribution in [2.24, 2.45) is 0 Å². The first kappa shape index (κ1) is 16.6. The number of halogens is 3. The second-order valence-electron chi connectivity index (χ2n) is 4.34. The summed E-state index contributed by atoms with van der Waals surface area (Å²) in [6, 6.07) is 8.15. The molecular weight excluding hydrogens is 443 g/mol. The van der Waals surface area contributed by atoms with E-state index in [4.69, 9.17) is 17.3 Å². The van der Waals surface area contributed by atoms with Crippen LogP contribution in [0.5, 0.6) is 0 Å². The zero-order valence-electron chi connectivity index (χ0n) is 10.8. The SMILES string of the molecule is Cc1cc(Cl)c(N)cc1S(=O)(=O)Nc1c(Br)cccc1Br. The summed E-state index contributed by atoms with van der Waals surface area (Å²) >= 11 is 12.5. The summed E-state index contributed by atoms with van der Waals surface area (Å²) in [5.41, 5.74) is 6.85. The molecule has 0 unspecified atom stereocenters. The van der Waals surface area contributed by atoms with Gasteiger partial charge in [-0.05, 0) is 68.6 Å². The molecule has 0 spiro atoms. The van der Waals surface area contributed by atoms with Crippen LogP contribution in [0.3, 0.4) is 0 Å². The van der Waals surface area contributed by atoms with Crippen LogP contribution in [0.4, 0.5) is 11.4 Å². The van der Waals surface area contributed by atoms with Crippen LogP contribution in [-0.4, -0.2) is 8.42 Å². The third-order valence-corrected chi connectivity index (χ3v) is 5.92. The molecule has 0 aliphatic heterocycles. The van der Waals surface area contributed by atoms with Crippen molar-refractivity contribution in [2.75, 3.05) is 10.5 Å². The zero-order chi connectivity index (χ0) is 15.8. The van der Waals surface area contributed by atoms with Crippen molar-refractivity contribution in [3.63, 3.8) is 0 Å². The van der Waals surface area contributed by atoms with E-state index in [1.165, 1.54) is 12.1 Å². The van der Waals surface area contributed by atoms with Gasteiger partial charge in [-0.3, -0.25) is 4.72 Å². The van der Waals surface area contributed by atoms with Gasteiger partial charge in [0.25, 0.3) is 10.0 Å². The minimum atomic E-state index is -3.78. The largest absolute Gasteiger partial charge is 0.397 e. The Morgan fingerprint density at radius 1 is 1.19 bits per heavy atom. The van der Waals surface area contributed by atoms with Gasteiger partial charge in [0.2, 0.25) is 0 Å². The molecule has 0 saturated carbocycles. The van der Waals surface area contributed by atoms with Gasteiger partial charge >= 0.3 is 0 Å². The molecule has 0 amide bonds. The fraction of sp³-hybridized carbons (Fsp3) is 0.0769. The molecule has 0 bridgehead atoms. The minimum absolute atomic E-state index is 0.0899. The van der Waals surface area contributed by atoms with Gasteiger partial charge in [-0.15, -0.1) is 0 Å². The molecule has 2 aromatic carbocycles. The predicted molar refractivity (Wildman–Crippen MR) is 93.3 cm³/mol. The molecular formula is C13H11Br2ClN2O2S. The fourth-order valence-electron chi connectivity index (χ4n) is 1.74. The van der Waals surface area contributed by atoms with E-state index in [0.717, 1.165) is 0 Å². The molecule has 0 aromatic heterocycles. The highest BCUT2D eigenvalue weighted by Gasteiger charge is 2.20. The number of nitrogen functional groups attached to an aromatic ring is 1. The Morgan fingerprint density at radius 3 is 2.33 bits per heavy atom. The van der Waals surface area contributed by atoms with Crippen molar-refractivity contribution in [3.05, 3.63) is 49.9 Å². The lowest BCUT2D eigenvalue weighted by Gasteiger charge is -2.14. The van der Waals surface area contributed by atoms with Gasteiger partial charge in [-0.2, -0.15) is 0 Å². The molecule has 4 nitrogen and oxygen atoms in total. The second kappa shape index (κ2) is 6.16. The number of rotatable bonds is 3. The molecule has 112 valence electrons. The Balaban J connectivity index is 2.51. The second-order valence-corrected chi connectivity index (χ2v) is 8.11. The molecule has 2 aromatic rings. The number of sulfonamides is 1. The molecule has 0 aliphatic rings. The number of anilines is 2. The monoisotopic (exact) mass is 452 g/mol. The lowest BCUT2D eigenvalue weighted by molar-refractivity contribution is 0.600. The van der Waals surface area contributed by atoms with Gasteiger partial charge in [0.05, 0.1) is 21.3 Å². The molecule has 0 heterocycles. The van der Waals surface area contributed by atoms with Gasteiger partial charge < -0.3 is 5.73 Å². The highest BCUT2D eigenvalue weighted by atomic mass is 79.9. The maximum Gasteiger partial charge on any atom is 0.262 e. The molecule has 0 fully saturated rings. The van der Waals surface area contributed by atoms with Crippen LogP contribution in [0, 0.1) is 6.92 Å². The Hall–Kier alpha value is -0.760. The summed E-state index contributed by atoms with van der Waals surface area (Å²) < 4.78 is 28.9. The first-order valence-corrected chi connectivity index (χ1v) is 9.19. The summed E-state index contributed by atoms with van der Waals surface area (Å²) in [7, 11) is -3.78. The molecule has 0 atom stereocenters. The summed E-state index contributed by atoms with van der Waals surface area (Å²) in [6.07, 6.45) is 0. The topological polar surface area (TPSA) is 72.2 Å². The zero-order valence-corrected chi connectivity index (χ0v) is 15.6. The van der Waals surface area contributed by atoms with Crippen molar-refractivity contribution in [1.29, 1.82) is 0 Å². The molecule has 2 rings (SSSR count). The number of aryl methyl sites for hydroxylation is 1. The van der Waals surface area contributed by atoms with Crippen LogP contribution in [0.15, 0.2) is 44.2 Å². The Labute approximate surface area is 145 Å². The number of benzene rings is 2. The van der Waals surface area contributed by atoms with Crippen LogP contribution < -0.4 is 10.5 Å². The lowest BCUT2D eigenvalue weighted by Crippen LogP contribution is -2.15. The first-order valence-electron chi connectivity index (χ1n) is 5.75. The number of para-hydroxylation sites is 1. The average molecular weight is 455 g/mol. The van der Waals surface area contributed by atoms with Crippen molar-refractivity contribution in [1.82, 2.24) is 0 Å². The van der Waals surface area contributed by atoms with E-state index in [1.54, 1.807) is 25.1 Å². The van der Waals surface area contributed by atoms with E-state index in [0.29, 0.717) is 25.2 Å². The Bertz CT molecular complexity index is 790. The fourth-order valence-corrected chi connectivity index (χ4v) is 4.78. The van der Waals surface area contributed by atoms with Crippen LogP contribution in [0.1, 0.15) is 5.56 Å². The summed E-state index contributed by atoms with van der Waals surface area (Å²) in [5.74, 6) is 0. The lowest BCUT2D eigenvalue weighted by atomic mass is 10.2. The Morgan fingerprint density at radius 2 is 1.76 bits per heavy atom. The maximum absolute atomic E-state index is 12.5. The van der Waals surface area contributed by atoms with Crippen molar-refractivity contribution in [3.8, 4) is 0 Å². The van der Waals surface area contributed by atoms with Crippen molar-refractivity contribution in [2.45, 2.75) is 11.8 Å². The van der Waals surface area contributed by atoms with Crippen LogP contribution in [0.25, 0.3) is 0 Å². The molecule has 3 N–H and O–H groups in total. The molecule has 0 saturated heterocycles. The highest BCUT2D eigenvalue weighted by molar-refractivity contribution is 9.11. The maximum atomic E-state index is 12.5. The predicted octanol–water partition coefficient (Wildman–Crippen LogP) is 4.56. The Kier molecular flexibility index (Phi) is 4.87. The summed E-state index contributed by atoms with van der Waals surface area (Å²) in [6.45, 7) is 1.66. The van der Waals surface area contributed by atoms with Gasteiger partial charge in [0.15, 0.2) is 0 Å². The molecule has 8 heteroatoms. The van der Waals surface area contributed by atoms with Crippen molar-refractivity contribution >= 4 is 64.9 Å². The van der Waals surface area contributed by atoms with Crippen LogP contribution >= 0.6 is 43.5 Å². The minimum Gasteiger partial charge on any atom is -0.397 e. The number of hydrogen-bond donors (Lipinski definition) is 2. The van der Waals surface area contributed by atoms with Gasteiger partial charge in [-0.25, -0.2) is 8.42 Å². The average Bonchev–Trinajstić information content (AvgIpc) is 2.38. The van der Waals surface area contributed by atoms with Gasteiger partial charge in [0.1, 0.15) is 0 Å². The molecule has 21 heavy (non-hydrogen) atoms. The first-order chi connectivity index (χ1) is 9.72. The molecule has 0 aliphatic carbocycles. The van der Waals surface area contributed by atoms with Crippen LogP contribution in [0.2, 0.25) is 5.02 Å². The molecule has 0 radical (unpaired) electrons. The highest BCUT2D eigenvalue weighted by Crippen LogP contribution is 2.34. The van der Waals surface area contributed by atoms with Gasteiger partial charge in [-0.1, -0.05) is 17.7 Å². The van der Waals surface area contributed by atoms with E-state index in [9.17, 15) is 8.42 Å². The summed E-state index contributed by atoms with van der Waals surface area (Å²) in [4.78, 5) is 0.0899. The van der Waals surface area contributed by atoms with Crippen LogP contribution in [-0.2, 0) is 10.0 Å². The standard InChI is InChI=1S/C13H11Br2ClN2O2S/c1-7-5-10(16)11(17)6-12(7)21(19,20)18-13-8(14)3-2-4-9(13)15/h2-6,18H,17H2,1H3. The van der Waals surface area contributed by atoms with E-state index >= 15 is 0 Å². The van der Waals surface area contributed by atoms with Crippen molar-refractivity contribution < 1.29 is 8.42 Å². The number of nitrogens with one attached hydrogen (secondary N) is 1. The smallest absolute Gasteiger partial charge is 0.262 e.